The highest BCUT2D eigenvalue weighted by Crippen LogP contribution is 2.22. The van der Waals surface area contributed by atoms with Gasteiger partial charge in [-0.2, -0.15) is 13.2 Å². The van der Waals surface area contributed by atoms with Gasteiger partial charge in [0, 0.05) is 12.0 Å². The first kappa shape index (κ1) is 23.2. The lowest BCUT2D eigenvalue weighted by Gasteiger charge is -2.10. The Hall–Kier alpha value is -3.98. The molecule has 0 radical (unpaired) electrons. The third-order valence-electron chi connectivity index (χ3n) is 4.90. The van der Waals surface area contributed by atoms with Crippen molar-refractivity contribution in [3.05, 3.63) is 90.5 Å². The molecule has 0 amide bonds. The van der Waals surface area contributed by atoms with E-state index in [1.54, 1.807) is 24.3 Å². The molecule has 3 aromatic carbocycles. The quantitative estimate of drug-likeness (QED) is 0.202. The van der Waals surface area contributed by atoms with Crippen molar-refractivity contribution in [1.29, 1.82) is 0 Å². The Kier molecular flexibility index (Phi) is 6.74. The van der Waals surface area contributed by atoms with E-state index in [9.17, 15) is 13.2 Å². The molecule has 0 atom stereocenters. The zero-order chi connectivity index (χ0) is 24.1. The van der Waals surface area contributed by atoms with E-state index < -0.39 is 16.1 Å². The Morgan fingerprint density at radius 2 is 1.65 bits per heavy atom. The fraction of sp³-hybridized carbons (Fsp3) is 0.160. The normalized spacial score (nSPS) is 11.3. The molecule has 0 unspecified atom stereocenters. The van der Waals surface area contributed by atoms with E-state index in [0.717, 1.165) is 12.0 Å². The number of nitrogens with zero attached hydrogens (tertiary/aromatic N) is 3. The maximum atomic E-state index is 12.9. The summed E-state index contributed by atoms with van der Waals surface area (Å²) in [6, 6.07) is 20.0. The van der Waals surface area contributed by atoms with E-state index in [1.165, 1.54) is 29.1 Å². The fourth-order valence-corrected chi connectivity index (χ4v) is 4.16. The first-order valence-electron chi connectivity index (χ1n) is 10.7. The van der Waals surface area contributed by atoms with Crippen LogP contribution in [0.15, 0.2) is 89.8 Å². The monoisotopic (exact) mass is 477 g/mol. The Balaban J connectivity index is 1.47. The number of fused-ring (bicyclic) bond motifs is 1. The fourth-order valence-electron chi connectivity index (χ4n) is 3.19. The smallest absolute Gasteiger partial charge is 0.339 e. The predicted octanol–water partition coefficient (Wildman–Crippen LogP) is 4.24. The molecular formula is C25H23N3O5S. The zero-order valence-corrected chi connectivity index (χ0v) is 19.4. The lowest BCUT2D eigenvalue weighted by atomic mass is 10.1. The van der Waals surface area contributed by atoms with Gasteiger partial charge in [0.15, 0.2) is 0 Å². The molecule has 0 aliphatic rings. The lowest BCUT2D eigenvalue weighted by Crippen LogP contribution is -2.11. The van der Waals surface area contributed by atoms with Gasteiger partial charge in [0.2, 0.25) is 0 Å². The molecule has 4 rings (SSSR count). The van der Waals surface area contributed by atoms with Crippen molar-refractivity contribution in [3.63, 3.8) is 0 Å². The van der Waals surface area contributed by atoms with Crippen LogP contribution in [-0.4, -0.2) is 36.0 Å². The highest BCUT2D eigenvalue weighted by atomic mass is 32.2. The third kappa shape index (κ3) is 5.32. The minimum Gasteiger partial charge on any atom is -0.462 e. The number of hydrogen-bond donors (Lipinski definition) is 0. The summed E-state index contributed by atoms with van der Waals surface area (Å²) in [5.41, 5.74) is 3.00. The summed E-state index contributed by atoms with van der Waals surface area (Å²) in [6.07, 6.45) is 1.03. The first-order chi connectivity index (χ1) is 16.4. The van der Waals surface area contributed by atoms with Crippen molar-refractivity contribution in [1.82, 2.24) is 15.0 Å². The van der Waals surface area contributed by atoms with Gasteiger partial charge in [-0.25, -0.2) is 4.79 Å². The molecule has 174 valence electrons. The van der Waals surface area contributed by atoms with E-state index >= 15 is 0 Å². The van der Waals surface area contributed by atoms with Gasteiger partial charge in [-0.1, -0.05) is 43.8 Å². The summed E-state index contributed by atoms with van der Waals surface area (Å²) in [7, 11) is -4.09. The molecular weight excluding hydrogens is 454 g/mol. The highest BCUT2D eigenvalue weighted by molar-refractivity contribution is 7.87. The number of ether oxygens (including phenoxy) is 1. The van der Waals surface area contributed by atoms with Crippen LogP contribution >= 0.6 is 0 Å². The molecule has 0 N–H and O–H groups in total. The summed E-state index contributed by atoms with van der Waals surface area (Å²) in [5.74, 6) is -0.291. The summed E-state index contributed by atoms with van der Waals surface area (Å²) >= 11 is 0. The number of carbonyl (C=O) groups is 1. The summed E-state index contributed by atoms with van der Waals surface area (Å²) in [6.45, 7) is 6.01. The molecule has 0 fully saturated rings. The van der Waals surface area contributed by atoms with Crippen molar-refractivity contribution < 1.29 is 22.1 Å². The van der Waals surface area contributed by atoms with Gasteiger partial charge in [-0.05, 0) is 54.4 Å². The first-order valence-corrected chi connectivity index (χ1v) is 12.1. The van der Waals surface area contributed by atoms with Crippen LogP contribution in [0.3, 0.4) is 0 Å². The average Bonchev–Trinajstić information content (AvgIpc) is 3.28. The molecule has 0 saturated heterocycles. The van der Waals surface area contributed by atoms with E-state index in [2.05, 4.69) is 16.8 Å². The van der Waals surface area contributed by atoms with E-state index in [4.69, 9.17) is 8.92 Å². The van der Waals surface area contributed by atoms with E-state index in [0.29, 0.717) is 35.3 Å². The van der Waals surface area contributed by atoms with Crippen LogP contribution in [0.1, 0.15) is 18.9 Å². The molecule has 34 heavy (non-hydrogen) atoms. The molecule has 8 nitrogen and oxygen atoms in total. The van der Waals surface area contributed by atoms with Crippen molar-refractivity contribution in [2.45, 2.75) is 24.7 Å². The van der Waals surface area contributed by atoms with E-state index in [1.807, 2.05) is 31.2 Å². The standard InChI is InChI=1S/C25H23N3O5S/c1-3-15-32-25(29)18(2)16-19-11-13-21(14-12-19)33-34(30,31)22-8-6-7-20(17-22)28-26-23-9-4-5-10-24(23)27-28/h4-14,17H,2-3,15-16H2,1H3. The van der Waals surface area contributed by atoms with Crippen LogP contribution in [0.25, 0.3) is 16.7 Å². The Bertz CT molecular complexity index is 1410. The maximum Gasteiger partial charge on any atom is 0.339 e. The second-order valence-electron chi connectivity index (χ2n) is 7.57. The minimum absolute atomic E-state index is 0.0255. The van der Waals surface area contributed by atoms with Crippen LogP contribution in [0.4, 0.5) is 0 Å². The number of aromatic nitrogens is 3. The van der Waals surface area contributed by atoms with Gasteiger partial charge in [-0.3, -0.25) is 0 Å². The van der Waals surface area contributed by atoms with Crippen molar-refractivity contribution in [2.75, 3.05) is 6.61 Å². The van der Waals surface area contributed by atoms with Crippen LogP contribution in [0.2, 0.25) is 0 Å². The van der Waals surface area contributed by atoms with Crippen LogP contribution < -0.4 is 4.18 Å². The SMILES string of the molecule is C=C(Cc1ccc(OS(=O)(=O)c2cccc(-n3nc4ccccc4n3)c2)cc1)C(=O)OCCC. The molecule has 1 heterocycles. The number of rotatable bonds is 9. The van der Waals surface area contributed by atoms with Gasteiger partial charge in [0.25, 0.3) is 0 Å². The van der Waals surface area contributed by atoms with Crippen LogP contribution in [-0.2, 0) is 26.1 Å². The molecule has 1 aromatic heterocycles. The minimum atomic E-state index is -4.09. The largest absolute Gasteiger partial charge is 0.462 e. The van der Waals surface area contributed by atoms with Gasteiger partial charge in [-0.15, -0.1) is 10.2 Å². The van der Waals surface area contributed by atoms with Gasteiger partial charge < -0.3 is 8.92 Å². The van der Waals surface area contributed by atoms with Crippen molar-refractivity contribution >= 4 is 27.1 Å². The zero-order valence-electron chi connectivity index (χ0n) is 18.5. The number of benzene rings is 3. The predicted molar refractivity (Wildman–Crippen MR) is 127 cm³/mol. The average molecular weight is 478 g/mol. The molecule has 0 saturated carbocycles. The molecule has 0 spiro atoms. The Labute approximate surface area is 197 Å². The Morgan fingerprint density at radius 3 is 2.29 bits per heavy atom. The number of esters is 1. The second-order valence-corrected chi connectivity index (χ2v) is 9.12. The summed E-state index contributed by atoms with van der Waals surface area (Å²) in [5, 5.41) is 8.76. The van der Waals surface area contributed by atoms with Crippen molar-refractivity contribution in [2.24, 2.45) is 0 Å². The molecule has 0 aliphatic heterocycles. The topological polar surface area (TPSA) is 100 Å². The summed E-state index contributed by atoms with van der Waals surface area (Å²) < 4.78 is 36.1. The van der Waals surface area contributed by atoms with E-state index in [-0.39, 0.29) is 10.6 Å². The maximum absolute atomic E-state index is 12.9. The van der Waals surface area contributed by atoms with Crippen LogP contribution in [0.5, 0.6) is 5.75 Å². The van der Waals surface area contributed by atoms with Gasteiger partial charge >= 0.3 is 16.1 Å². The highest BCUT2D eigenvalue weighted by Gasteiger charge is 2.18. The molecule has 9 heteroatoms. The lowest BCUT2D eigenvalue weighted by molar-refractivity contribution is -0.139. The molecule has 4 aromatic rings. The van der Waals surface area contributed by atoms with Crippen LogP contribution in [0, 0.1) is 0 Å². The third-order valence-corrected chi connectivity index (χ3v) is 6.14. The number of hydrogen-bond acceptors (Lipinski definition) is 7. The summed E-state index contributed by atoms with van der Waals surface area (Å²) in [4.78, 5) is 13.2. The molecule has 0 bridgehead atoms. The molecule has 0 aliphatic carbocycles. The van der Waals surface area contributed by atoms with Gasteiger partial charge in [0.1, 0.15) is 21.7 Å². The number of carbonyl (C=O) groups excluding carboxylic acids is 1. The second kappa shape index (κ2) is 9.88. The van der Waals surface area contributed by atoms with Gasteiger partial charge in [0.05, 0.1) is 12.3 Å². The van der Waals surface area contributed by atoms with Crippen molar-refractivity contribution in [3.8, 4) is 11.4 Å². The Morgan fingerprint density at radius 1 is 0.971 bits per heavy atom.